The molecule has 2 rings (SSSR count). The van der Waals surface area contributed by atoms with Gasteiger partial charge >= 0.3 is 0 Å². The Bertz CT molecular complexity index is 626. The number of halogens is 2. The summed E-state index contributed by atoms with van der Waals surface area (Å²) in [5, 5.41) is 10.6. The molecule has 0 bridgehead atoms. The molecule has 104 valence electrons. The summed E-state index contributed by atoms with van der Waals surface area (Å²) < 4.78 is 1.06. The minimum absolute atomic E-state index is 0.125. The summed E-state index contributed by atoms with van der Waals surface area (Å²) >= 11 is 7.15. The molecule has 0 spiro atoms. The predicted molar refractivity (Wildman–Crippen MR) is 87.3 cm³/mol. The van der Waals surface area contributed by atoms with Crippen molar-refractivity contribution in [1.82, 2.24) is 0 Å². The van der Waals surface area contributed by atoms with Gasteiger partial charge in [-0.05, 0) is 42.2 Å². The molecule has 5 heteroatoms. The Morgan fingerprint density at radius 3 is 2.40 bits per heavy atom. The summed E-state index contributed by atoms with van der Waals surface area (Å²) in [7, 11) is 0. The fourth-order valence-corrected chi connectivity index (χ4v) is 3.42. The summed E-state index contributed by atoms with van der Waals surface area (Å²) in [6, 6.07) is 12.9. The van der Waals surface area contributed by atoms with Gasteiger partial charge in [0.25, 0.3) is 5.69 Å². The number of aryl methyl sites for hydroxylation is 1. The lowest BCUT2D eigenvalue weighted by Crippen LogP contribution is -1.98. The number of non-ortho nitro benzene ring substituents is 1. The molecule has 0 N–H and O–H groups in total. The van der Waals surface area contributed by atoms with Gasteiger partial charge in [-0.25, -0.2) is 0 Å². The highest BCUT2D eigenvalue weighted by Crippen LogP contribution is 2.31. The van der Waals surface area contributed by atoms with E-state index >= 15 is 0 Å². The number of nitro groups is 1. The summed E-state index contributed by atoms with van der Waals surface area (Å²) in [5.74, 6) is 0. The Balaban J connectivity index is 2.14. The first kappa shape index (κ1) is 15.2. The molecule has 0 aromatic heterocycles. The molecule has 0 amide bonds. The van der Waals surface area contributed by atoms with Crippen molar-refractivity contribution in [2.75, 3.05) is 0 Å². The van der Waals surface area contributed by atoms with E-state index in [2.05, 4.69) is 50.9 Å². The first-order valence-corrected chi connectivity index (χ1v) is 7.81. The van der Waals surface area contributed by atoms with Gasteiger partial charge in [-0.2, -0.15) is 0 Å². The Kier molecular flexibility index (Phi) is 4.94. The van der Waals surface area contributed by atoms with Crippen molar-refractivity contribution >= 4 is 37.5 Å². The van der Waals surface area contributed by atoms with Crippen LogP contribution < -0.4 is 0 Å². The molecular weight excluding hydrogens is 386 g/mol. The summed E-state index contributed by atoms with van der Waals surface area (Å²) in [6.07, 6.45) is 0.792. The van der Waals surface area contributed by atoms with Crippen LogP contribution in [0.25, 0.3) is 0 Å². The topological polar surface area (TPSA) is 43.1 Å². The highest BCUT2D eigenvalue weighted by molar-refractivity contribution is 9.10. The van der Waals surface area contributed by atoms with E-state index in [1.54, 1.807) is 24.3 Å². The SMILES string of the molecule is Cc1cc(Br)ccc1C(Br)Cc1ccc([N+](=O)[O-])cc1. The Hall–Kier alpha value is -1.20. The lowest BCUT2D eigenvalue weighted by Gasteiger charge is -2.13. The molecular formula is C15H13Br2NO2. The van der Waals surface area contributed by atoms with E-state index in [0.29, 0.717) is 0 Å². The molecule has 0 fully saturated rings. The number of nitro benzene ring substituents is 1. The third-order valence-corrected chi connectivity index (χ3v) is 4.44. The van der Waals surface area contributed by atoms with E-state index in [4.69, 9.17) is 0 Å². The molecule has 20 heavy (non-hydrogen) atoms. The highest BCUT2D eigenvalue weighted by Gasteiger charge is 2.12. The molecule has 3 nitrogen and oxygen atoms in total. The molecule has 1 unspecified atom stereocenters. The van der Waals surface area contributed by atoms with Crippen LogP contribution in [0.2, 0.25) is 0 Å². The van der Waals surface area contributed by atoms with Crippen molar-refractivity contribution < 1.29 is 4.92 Å². The second-order valence-corrected chi connectivity index (χ2v) is 6.62. The summed E-state index contributed by atoms with van der Waals surface area (Å²) in [5.41, 5.74) is 3.63. The maximum absolute atomic E-state index is 10.6. The highest BCUT2D eigenvalue weighted by atomic mass is 79.9. The first-order valence-electron chi connectivity index (χ1n) is 6.11. The van der Waals surface area contributed by atoms with E-state index in [0.717, 1.165) is 16.5 Å². The number of hydrogen-bond donors (Lipinski definition) is 0. The van der Waals surface area contributed by atoms with E-state index in [9.17, 15) is 10.1 Å². The number of nitrogens with zero attached hydrogens (tertiary/aromatic N) is 1. The van der Waals surface area contributed by atoms with Gasteiger partial charge in [0.1, 0.15) is 0 Å². The maximum Gasteiger partial charge on any atom is 0.269 e. The van der Waals surface area contributed by atoms with Gasteiger partial charge < -0.3 is 0 Å². The number of hydrogen-bond acceptors (Lipinski definition) is 2. The molecule has 0 aliphatic carbocycles. The van der Waals surface area contributed by atoms with Crippen LogP contribution in [0.3, 0.4) is 0 Å². The lowest BCUT2D eigenvalue weighted by molar-refractivity contribution is -0.384. The molecule has 0 saturated carbocycles. The van der Waals surface area contributed by atoms with Gasteiger partial charge in [0.15, 0.2) is 0 Å². The maximum atomic E-state index is 10.6. The lowest BCUT2D eigenvalue weighted by atomic mass is 10.0. The van der Waals surface area contributed by atoms with Crippen molar-refractivity contribution in [3.05, 3.63) is 73.7 Å². The zero-order chi connectivity index (χ0) is 14.7. The fourth-order valence-electron chi connectivity index (χ4n) is 2.06. The molecule has 0 aliphatic heterocycles. The van der Waals surface area contributed by atoms with Crippen molar-refractivity contribution in [2.45, 2.75) is 18.2 Å². The zero-order valence-corrected chi connectivity index (χ0v) is 14.0. The van der Waals surface area contributed by atoms with Crippen molar-refractivity contribution in [3.63, 3.8) is 0 Å². The number of rotatable bonds is 4. The first-order chi connectivity index (χ1) is 9.47. The second kappa shape index (κ2) is 6.50. The average molecular weight is 399 g/mol. The van der Waals surface area contributed by atoms with E-state index in [1.807, 2.05) is 6.07 Å². The van der Waals surface area contributed by atoms with Crippen molar-refractivity contribution in [2.24, 2.45) is 0 Å². The molecule has 0 aliphatic rings. The second-order valence-electron chi connectivity index (χ2n) is 4.60. The Labute approximate surface area is 134 Å². The molecule has 2 aromatic carbocycles. The molecule has 2 aromatic rings. The molecule has 0 saturated heterocycles. The molecule has 0 heterocycles. The van der Waals surface area contributed by atoms with E-state index < -0.39 is 0 Å². The normalized spacial score (nSPS) is 12.2. The predicted octanol–water partition coefficient (Wildman–Crippen LogP) is 5.34. The van der Waals surface area contributed by atoms with Gasteiger partial charge in [0, 0.05) is 21.4 Å². The van der Waals surface area contributed by atoms with Crippen LogP contribution in [0, 0.1) is 17.0 Å². The summed E-state index contributed by atoms with van der Waals surface area (Å²) in [6.45, 7) is 2.07. The van der Waals surface area contributed by atoms with Gasteiger partial charge in [0.2, 0.25) is 0 Å². The standard InChI is InChI=1S/C15H13Br2NO2/c1-10-8-12(16)4-7-14(10)15(17)9-11-2-5-13(6-3-11)18(19)20/h2-8,15H,9H2,1H3. The number of alkyl halides is 1. The van der Waals surface area contributed by atoms with Crippen LogP contribution in [0.1, 0.15) is 21.5 Å². The monoisotopic (exact) mass is 397 g/mol. The number of benzene rings is 2. The van der Waals surface area contributed by atoms with Crippen LogP contribution in [-0.4, -0.2) is 4.92 Å². The smallest absolute Gasteiger partial charge is 0.258 e. The van der Waals surface area contributed by atoms with Crippen LogP contribution in [0.15, 0.2) is 46.9 Å². The largest absolute Gasteiger partial charge is 0.269 e. The van der Waals surface area contributed by atoms with E-state index in [1.165, 1.54) is 11.1 Å². The van der Waals surface area contributed by atoms with Crippen LogP contribution in [0.5, 0.6) is 0 Å². The van der Waals surface area contributed by atoms with Gasteiger partial charge in [-0.1, -0.05) is 50.1 Å². The van der Waals surface area contributed by atoms with Crippen molar-refractivity contribution in [1.29, 1.82) is 0 Å². The van der Waals surface area contributed by atoms with Gasteiger partial charge in [-0.15, -0.1) is 0 Å². The molecule has 0 radical (unpaired) electrons. The average Bonchev–Trinajstić information content (AvgIpc) is 2.39. The van der Waals surface area contributed by atoms with Crippen LogP contribution >= 0.6 is 31.9 Å². The third kappa shape index (κ3) is 3.67. The minimum atomic E-state index is -0.381. The van der Waals surface area contributed by atoms with Crippen LogP contribution in [-0.2, 0) is 6.42 Å². The fraction of sp³-hybridized carbons (Fsp3) is 0.200. The third-order valence-electron chi connectivity index (χ3n) is 3.13. The Morgan fingerprint density at radius 1 is 1.20 bits per heavy atom. The van der Waals surface area contributed by atoms with Crippen molar-refractivity contribution in [3.8, 4) is 0 Å². The van der Waals surface area contributed by atoms with Gasteiger partial charge in [-0.3, -0.25) is 10.1 Å². The van der Waals surface area contributed by atoms with Gasteiger partial charge in [0.05, 0.1) is 4.92 Å². The zero-order valence-electron chi connectivity index (χ0n) is 10.8. The van der Waals surface area contributed by atoms with Crippen LogP contribution in [0.4, 0.5) is 5.69 Å². The van der Waals surface area contributed by atoms with E-state index in [-0.39, 0.29) is 15.4 Å². The Morgan fingerprint density at radius 2 is 1.85 bits per heavy atom. The summed E-state index contributed by atoms with van der Waals surface area (Å²) in [4.78, 5) is 10.4. The minimum Gasteiger partial charge on any atom is -0.258 e. The quantitative estimate of drug-likeness (QED) is 0.396. The molecule has 1 atom stereocenters.